The molecular formula is C19H13F3N4O2S. The molecule has 1 aromatic carbocycles. The van der Waals surface area contributed by atoms with E-state index in [1.54, 1.807) is 47.1 Å². The quantitative estimate of drug-likeness (QED) is 0.498. The third kappa shape index (κ3) is 3.76. The highest BCUT2D eigenvalue weighted by atomic mass is 32.2. The first-order valence-corrected chi connectivity index (χ1v) is 9.39. The maximum atomic E-state index is 12.7. The fourth-order valence-corrected chi connectivity index (χ4v) is 3.32. The van der Waals surface area contributed by atoms with Crippen molar-refractivity contribution in [3.8, 4) is 22.5 Å². The molecule has 0 aliphatic carbocycles. The van der Waals surface area contributed by atoms with Crippen molar-refractivity contribution in [2.45, 2.75) is 11.1 Å². The van der Waals surface area contributed by atoms with E-state index in [4.69, 9.17) is 4.18 Å². The highest BCUT2D eigenvalue weighted by Gasteiger charge is 2.32. The van der Waals surface area contributed by atoms with Crippen LogP contribution in [0.15, 0.2) is 65.8 Å². The minimum absolute atomic E-state index is 0.449. The summed E-state index contributed by atoms with van der Waals surface area (Å²) in [5.41, 5.74) is 1.98. The van der Waals surface area contributed by atoms with Crippen molar-refractivity contribution in [2.24, 2.45) is 0 Å². The molecule has 0 aliphatic heterocycles. The summed E-state index contributed by atoms with van der Waals surface area (Å²) in [4.78, 5) is 8.30. The molecule has 0 aliphatic rings. The molecule has 1 unspecified atom stereocenters. The van der Waals surface area contributed by atoms with Gasteiger partial charge >= 0.3 is 6.18 Å². The molecule has 4 aromatic rings. The molecule has 6 nitrogen and oxygen atoms in total. The van der Waals surface area contributed by atoms with E-state index in [2.05, 4.69) is 15.1 Å². The highest BCUT2D eigenvalue weighted by molar-refractivity contribution is 7.80. The molecule has 148 valence electrons. The van der Waals surface area contributed by atoms with Gasteiger partial charge in [-0.3, -0.25) is 9.17 Å². The lowest BCUT2D eigenvalue weighted by Gasteiger charge is -2.07. The Morgan fingerprint density at radius 3 is 2.28 bits per heavy atom. The van der Waals surface area contributed by atoms with Crippen LogP contribution < -0.4 is 0 Å². The number of hydrogen-bond acceptors (Lipinski definition) is 5. The molecule has 0 saturated carbocycles. The summed E-state index contributed by atoms with van der Waals surface area (Å²) in [6, 6.07) is 12.5. The minimum Gasteiger partial charge on any atom is -0.290 e. The molecule has 0 fully saturated rings. The van der Waals surface area contributed by atoms with E-state index in [1.165, 1.54) is 13.2 Å². The van der Waals surface area contributed by atoms with Crippen LogP contribution in [-0.2, 0) is 21.4 Å². The van der Waals surface area contributed by atoms with Crippen molar-refractivity contribution in [1.82, 2.24) is 19.6 Å². The third-order valence-electron chi connectivity index (χ3n) is 4.21. The molecule has 0 saturated heterocycles. The van der Waals surface area contributed by atoms with E-state index in [0.717, 1.165) is 17.8 Å². The average Bonchev–Trinajstić information content (AvgIpc) is 3.16. The third-order valence-corrected chi connectivity index (χ3v) is 5.17. The van der Waals surface area contributed by atoms with Crippen LogP contribution in [-0.4, -0.2) is 30.9 Å². The number of aromatic nitrogens is 4. The second-order valence-electron chi connectivity index (χ2n) is 5.99. The predicted molar refractivity (Wildman–Crippen MR) is 100 cm³/mol. The zero-order chi connectivity index (χ0) is 20.6. The van der Waals surface area contributed by atoms with Gasteiger partial charge in [0.2, 0.25) is 0 Å². The molecule has 0 N–H and O–H groups in total. The van der Waals surface area contributed by atoms with Crippen LogP contribution in [0.1, 0.15) is 5.69 Å². The van der Waals surface area contributed by atoms with Gasteiger partial charge in [0.1, 0.15) is 5.69 Å². The van der Waals surface area contributed by atoms with Crippen molar-refractivity contribution in [3.05, 3.63) is 66.6 Å². The molecule has 29 heavy (non-hydrogen) atoms. The van der Waals surface area contributed by atoms with E-state index in [1.807, 2.05) is 0 Å². The Hall–Kier alpha value is -3.11. The van der Waals surface area contributed by atoms with Gasteiger partial charge in [-0.1, -0.05) is 12.1 Å². The van der Waals surface area contributed by atoms with Crippen LogP contribution in [0.5, 0.6) is 0 Å². The number of hydrogen-bond donors (Lipinski definition) is 0. The summed E-state index contributed by atoms with van der Waals surface area (Å²) in [5.74, 6) is 0. The van der Waals surface area contributed by atoms with E-state index in [0.29, 0.717) is 27.5 Å². The van der Waals surface area contributed by atoms with Crippen LogP contribution in [0, 0.1) is 0 Å². The van der Waals surface area contributed by atoms with Crippen LogP contribution in [0.25, 0.3) is 28.2 Å². The summed E-state index contributed by atoms with van der Waals surface area (Å²) in [6.45, 7) is 0. The van der Waals surface area contributed by atoms with Crippen LogP contribution in [0.3, 0.4) is 0 Å². The zero-order valence-electron chi connectivity index (χ0n) is 14.9. The topological polar surface area (TPSA) is 69.4 Å². The Bertz CT molecular complexity index is 1190. The van der Waals surface area contributed by atoms with Crippen molar-refractivity contribution in [3.63, 3.8) is 0 Å². The smallest absolute Gasteiger partial charge is 0.290 e. The number of benzene rings is 1. The fraction of sp³-hybridized carbons (Fsp3) is 0.105. The van der Waals surface area contributed by atoms with Gasteiger partial charge in [0.15, 0.2) is 16.7 Å². The number of nitrogens with zero attached hydrogens (tertiary/aromatic N) is 4. The van der Waals surface area contributed by atoms with Gasteiger partial charge in [-0.05, 0) is 36.4 Å². The number of rotatable bonds is 4. The fourth-order valence-electron chi connectivity index (χ4n) is 2.77. The average molecular weight is 418 g/mol. The molecular weight excluding hydrogens is 405 g/mol. The highest BCUT2D eigenvalue weighted by Crippen LogP contribution is 2.29. The maximum Gasteiger partial charge on any atom is 0.433 e. The number of fused-ring (bicyclic) bond motifs is 1. The van der Waals surface area contributed by atoms with Gasteiger partial charge < -0.3 is 0 Å². The summed E-state index contributed by atoms with van der Waals surface area (Å²) >= 11 is -1.53. The SMILES string of the molecule is COS(=O)c1ccc(-c2cnc3ccc(-c4ccc(C(F)(F)F)nc4)nn23)cc1. The molecule has 10 heteroatoms. The molecule has 0 spiro atoms. The molecule has 0 radical (unpaired) electrons. The number of alkyl halides is 3. The van der Waals surface area contributed by atoms with Gasteiger partial charge in [0.05, 0.1) is 29.6 Å². The first-order chi connectivity index (χ1) is 13.9. The zero-order valence-corrected chi connectivity index (χ0v) is 15.7. The summed E-state index contributed by atoms with van der Waals surface area (Å²) in [7, 11) is 1.36. The van der Waals surface area contributed by atoms with Gasteiger partial charge in [-0.25, -0.2) is 13.7 Å². The monoisotopic (exact) mass is 418 g/mol. The van der Waals surface area contributed by atoms with E-state index >= 15 is 0 Å². The van der Waals surface area contributed by atoms with Crippen molar-refractivity contribution in [2.75, 3.05) is 7.11 Å². The second-order valence-corrected chi connectivity index (χ2v) is 7.26. The van der Waals surface area contributed by atoms with Crippen molar-refractivity contribution < 1.29 is 21.6 Å². The largest absolute Gasteiger partial charge is 0.433 e. The molecule has 0 bridgehead atoms. The normalized spacial score (nSPS) is 13.0. The van der Waals surface area contributed by atoms with E-state index in [-0.39, 0.29) is 0 Å². The van der Waals surface area contributed by atoms with Crippen LogP contribution >= 0.6 is 0 Å². The standard InChI is InChI=1S/C19H13F3N4O2S/c1-28-29(27)14-5-2-12(3-6-14)16-11-24-18-9-7-15(25-26(16)18)13-4-8-17(23-10-13)19(20,21)22/h2-11H,1H3. The van der Waals surface area contributed by atoms with Gasteiger partial charge in [0, 0.05) is 17.3 Å². The Labute approximate surface area is 165 Å². The molecule has 0 amide bonds. The Morgan fingerprint density at radius 2 is 1.66 bits per heavy atom. The van der Waals surface area contributed by atoms with Gasteiger partial charge in [-0.15, -0.1) is 0 Å². The second kappa shape index (κ2) is 7.37. The lowest BCUT2D eigenvalue weighted by molar-refractivity contribution is -0.141. The van der Waals surface area contributed by atoms with E-state index < -0.39 is 23.0 Å². The summed E-state index contributed by atoms with van der Waals surface area (Å²) in [6.07, 6.45) is -1.71. The Morgan fingerprint density at radius 1 is 0.931 bits per heavy atom. The van der Waals surface area contributed by atoms with Crippen molar-refractivity contribution in [1.29, 1.82) is 0 Å². The van der Waals surface area contributed by atoms with E-state index in [9.17, 15) is 17.4 Å². The molecule has 3 aromatic heterocycles. The molecule has 4 rings (SSSR count). The molecule has 3 heterocycles. The summed E-state index contributed by atoms with van der Waals surface area (Å²) in [5, 5.41) is 4.50. The van der Waals surface area contributed by atoms with Crippen LogP contribution in [0.4, 0.5) is 13.2 Å². The summed E-state index contributed by atoms with van der Waals surface area (Å²) < 4.78 is 56.2. The molecule has 1 atom stereocenters. The Kier molecular flexibility index (Phi) is 4.89. The maximum absolute atomic E-state index is 12.7. The lowest BCUT2D eigenvalue weighted by atomic mass is 10.1. The minimum atomic E-state index is -4.49. The lowest BCUT2D eigenvalue weighted by Crippen LogP contribution is -2.07. The van der Waals surface area contributed by atoms with Gasteiger partial charge in [0.25, 0.3) is 0 Å². The van der Waals surface area contributed by atoms with Crippen LogP contribution in [0.2, 0.25) is 0 Å². The predicted octanol–water partition coefficient (Wildman–Crippen LogP) is 4.15. The first kappa shape index (κ1) is 19.2. The Balaban J connectivity index is 1.72. The number of halogens is 3. The van der Waals surface area contributed by atoms with Gasteiger partial charge in [-0.2, -0.15) is 18.3 Å². The number of pyridine rings is 1. The number of imidazole rings is 1. The van der Waals surface area contributed by atoms with Crippen molar-refractivity contribution >= 4 is 16.7 Å². The first-order valence-electron chi connectivity index (χ1n) is 8.32.